The second kappa shape index (κ2) is 8.37. The Balaban J connectivity index is 1.88. The van der Waals surface area contributed by atoms with Crippen LogP contribution in [0, 0.1) is 5.92 Å². The zero-order valence-corrected chi connectivity index (χ0v) is 14.9. The zero-order chi connectivity index (χ0) is 15.9. The molecule has 0 unspecified atom stereocenters. The van der Waals surface area contributed by atoms with E-state index in [0.29, 0.717) is 12.0 Å². The minimum absolute atomic E-state index is 0.517. The summed E-state index contributed by atoms with van der Waals surface area (Å²) in [7, 11) is 0. The highest BCUT2D eigenvalue weighted by Crippen LogP contribution is 2.24. The van der Waals surface area contributed by atoms with Gasteiger partial charge in [-0.15, -0.1) is 0 Å². The summed E-state index contributed by atoms with van der Waals surface area (Å²) in [5.74, 6) is 0.707. The van der Waals surface area contributed by atoms with E-state index < -0.39 is 0 Å². The second-order valence-electron chi connectivity index (χ2n) is 6.19. The Kier molecular flexibility index (Phi) is 6.49. The van der Waals surface area contributed by atoms with Gasteiger partial charge in [0.05, 0.1) is 0 Å². The number of nitrogens with one attached hydrogen (secondary N) is 2. The molecule has 122 valence electrons. The molecule has 0 saturated heterocycles. The van der Waals surface area contributed by atoms with Crippen LogP contribution in [-0.2, 0) is 0 Å². The van der Waals surface area contributed by atoms with Crippen molar-refractivity contribution in [1.29, 1.82) is 0 Å². The lowest BCUT2D eigenvalue weighted by atomic mass is 9.86. The van der Waals surface area contributed by atoms with E-state index in [-0.39, 0.29) is 0 Å². The molecule has 0 aliphatic heterocycles. The van der Waals surface area contributed by atoms with Crippen molar-refractivity contribution in [2.75, 3.05) is 23.3 Å². The van der Waals surface area contributed by atoms with Gasteiger partial charge in [-0.2, -0.15) is 0 Å². The van der Waals surface area contributed by atoms with Crippen molar-refractivity contribution in [3.8, 4) is 0 Å². The molecule has 22 heavy (non-hydrogen) atoms. The highest BCUT2D eigenvalue weighted by atomic mass is 32.1. The third-order valence-corrected chi connectivity index (χ3v) is 4.90. The summed E-state index contributed by atoms with van der Waals surface area (Å²) in [4.78, 5) is 2.34. The quantitative estimate of drug-likeness (QED) is 0.787. The van der Waals surface area contributed by atoms with Crippen LogP contribution in [0.25, 0.3) is 0 Å². The molecule has 0 bridgehead atoms. The predicted molar refractivity (Wildman–Crippen MR) is 101 cm³/mol. The number of hydrogen-bond acceptors (Lipinski definition) is 2. The number of anilines is 2. The van der Waals surface area contributed by atoms with E-state index in [0.717, 1.165) is 23.9 Å². The molecule has 1 aromatic rings. The SMILES string of the molecule is CCN(CC)c1ccc(NC(=S)N[C@@H]2CCCC[C@H]2C)cc1. The Morgan fingerprint density at radius 2 is 1.77 bits per heavy atom. The minimum atomic E-state index is 0.517. The first kappa shape index (κ1) is 17.1. The van der Waals surface area contributed by atoms with E-state index >= 15 is 0 Å². The monoisotopic (exact) mass is 319 g/mol. The van der Waals surface area contributed by atoms with Gasteiger partial charge in [-0.25, -0.2) is 0 Å². The molecule has 3 nitrogen and oxygen atoms in total. The average molecular weight is 320 g/mol. The third kappa shape index (κ3) is 4.60. The predicted octanol–water partition coefficient (Wildman–Crippen LogP) is 4.40. The van der Waals surface area contributed by atoms with E-state index in [9.17, 15) is 0 Å². The molecule has 4 heteroatoms. The summed E-state index contributed by atoms with van der Waals surface area (Å²) in [6.45, 7) is 8.74. The van der Waals surface area contributed by atoms with Gasteiger partial charge in [-0.05, 0) is 69.1 Å². The summed E-state index contributed by atoms with van der Waals surface area (Å²) in [6.07, 6.45) is 5.19. The molecule has 0 heterocycles. The highest BCUT2D eigenvalue weighted by molar-refractivity contribution is 7.80. The van der Waals surface area contributed by atoms with Crippen molar-refractivity contribution in [2.24, 2.45) is 5.92 Å². The molecule has 1 fully saturated rings. The van der Waals surface area contributed by atoms with Crippen molar-refractivity contribution in [3.63, 3.8) is 0 Å². The first-order chi connectivity index (χ1) is 10.6. The fraction of sp³-hybridized carbons (Fsp3) is 0.611. The molecule has 1 aromatic carbocycles. The fourth-order valence-corrected chi connectivity index (χ4v) is 3.48. The van der Waals surface area contributed by atoms with Crippen LogP contribution < -0.4 is 15.5 Å². The summed E-state index contributed by atoms with van der Waals surface area (Å²) in [5, 5.41) is 7.55. The Morgan fingerprint density at radius 1 is 1.14 bits per heavy atom. The Hall–Kier alpha value is -1.29. The summed E-state index contributed by atoms with van der Waals surface area (Å²) in [5.41, 5.74) is 2.31. The molecule has 0 spiro atoms. The first-order valence-electron chi connectivity index (χ1n) is 8.56. The van der Waals surface area contributed by atoms with Crippen LogP contribution >= 0.6 is 12.2 Å². The Morgan fingerprint density at radius 3 is 2.36 bits per heavy atom. The molecule has 1 saturated carbocycles. The molecule has 2 atom stereocenters. The molecule has 0 radical (unpaired) electrons. The van der Waals surface area contributed by atoms with Gasteiger partial charge in [-0.1, -0.05) is 19.8 Å². The Bertz CT molecular complexity index is 468. The third-order valence-electron chi connectivity index (χ3n) is 4.68. The Labute approximate surface area is 140 Å². The maximum Gasteiger partial charge on any atom is 0.171 e. The fourth-order valence-electron chi connectivity index (χ4n) is 3.21. The lowest BCUT2D eigenvalue weighted by Crippen LogP contribution is -2.43. The molecule has 0 aromatic heterocycles. The van der Waals surface area contributed by atoms with Crippen molar-refractivity contribution >= 4 is 28.7 Å². The van der Waals surface area contributed by atoms with E-state index in [1.54, 1.807) is 0 Å². The molecule has 2 N–H and O–H groups in total. The van der Waals surface area contributed by atoms with Crippen LogP contribution in [0.2, 0.25) is 0 Å². The van der Waals surface area contributed by atoms with E-state index in [4.69, 9.17) is 12.2 Å². The molecule has 1 aliphatic carbocycles. The van der Waals surface area contributed by atoms with Crippen LogP contribution in [-0.4, -0.2) is 24.2 Å². The van der Waals surface area contributed by atoms with Gasteiger partial charge < -0.3 is 15.5 Å². The molecule has 2 rings (SSSR count). The van der Waals surface area contributed by atoms with Crippen LogP contribution in [0.1, 0.15) is 46.5 Å². The number of rotatable bonds is 5. The van der Waals surface area contributed by atoms with Crippen molar-refractivity contribution in [2.45, 2.75) is 52.5 Å². The molecule has 1 aliphatic rings. The van der Waals surface area contributed by atoms with Gasteiger partial charge in [0, 0.05) is 30.5 Å². The maximum absolute atomic E-state index is 5.47. The summed E-state index contributed by atoms with van der Waals surface area (Å²) >= 11 is 5.47. The standard InChI is InChI=1S/C18H29N3S/c1-4-21(5-2)16-12-10-15(11-13-16)19-18(22)20-17-9-7-6-8-14(17)3/h10-14,17H,4-9H2,1-3H3,(H2,19,20,22)/t14-,17-/m1/s1. The lowest BCUT2D eigenvalue weighted by molar-refractivity contribution is 0.309. The smallest absolute Gasteiger partial charge is 0.171 e. The summed E-state index contributed by atoms with van der Waals surface area (Å²) < 4.78 is 0. The first-order valence-corrected chi connectivity index (χ1v) is 8.97. The van der Waals surface area contributed by atoms with E-state index in [2.05, 4.69) is 60.6 Å². The van der Waals surface area contributed by atoms with Gasteiger partial charge in [0.1, 0.15) is 0 Å². The minimum Gasteiger partial charge on any atom is -0.372 e. The number of hydrogen-bond donors (Lipinski definition) is 2. The zero-order valence-electron chi connectivity index (χ0n) is 14.1. The van der Waals surface area contributed by atoms with Crippen molar-refractivity contribution in [3.05, 3.63) is 24.3 Å². The lowest BCUT2D eigenvalue weighted by Gasteiger charge is -2.30. The number of thiocarbonyl (C=S) groups is 1. The summed E-state index contributed by atoms with van der Waals surface area (Å²) in [6, 6.07) is 9.03. The van der Waals surface area contributed by atoms with Gasteiger partial charge in [0.2, 0.25) is 0 Å². The second-order valence-corrected chi connectivity index (χ2v) is 6.59. The number of benzene rings is 1. The molecular weight excluding hydrogens is 290 g/mol. The van der Waals surface area contributed by atoms with Gasteiger partial charge in [0.25, 0.3) is 0 Å². The van der Waals surface area contributed by atoms with E-state index in [1.165, 1.54) is 31.4 Å². The largest absolute Gasteiger partial charge is 0.372 e. The normalized spacial score (nSPS) is 21.2. The average Bonchev–Trinajstić information content (AvgIpc) is 2.52. The van der Waals surface area contributed by atoms with E-state index in [1.807, 2.05) is 0 Å². The maximum atomic E-state index is 5.47. The van der Waals surface area contributed by atoms with Crippen LogP contribution in [0.15, 0.2) is 24.3 Å². The molecular formula is C18H29N3S. The van der Waals surface area contributed by atoms with Gasteiger partial charge in [0.15, 0.2) is 5.11 Å². The topological polar surface area (TPSA) is 27.3 Å². The van der Waals surface area contributed by atoms with Crippen molar-refractivity contribution in [1.82, 2.24) is 5.32 Å². The van der Waals surface area contributed by atoms with Crippen LogP contribution in [0.3, 0.4) is 0 Å². The molecule has 0 amide bonds. The number of nitrogens with zero attached hydrogens (tertiary/aromatic N) is 1. The van der Waals surface area contributed by atoms with Crippen molar-refractivity contribution < 1.29 is 0 Å². The van der Waals surface area contributed by atoms with Crippen LogP contribution in [0.5, 0.6) is 0 Å². The van der Waals surface area contributed by atoms with Crippen LogP contribution in [0.4, 0.5) is 11.4 Å². The van der Waals surface area contributed by atoms with Gasteiger partial charge >= 0.3 is 0 Å². The van der Waals surface area contributed by atoms with Gasteiger partial charge in [-0.3, -0.25) is 0 Å². The highest BCUT2D eigenvalue weighted by Gasteiger charge is 2.21.